The fraction of sp³-hybridized carbons (Fsp3) is 0.386. The van der Waals surface area contributed by atoms with Gasteiger partial charge in [0.25, 0.3) is 14.2 Å². The first kappa shape index (κ1) is 37.4. The molecule has 2 aliphatic heterocycles. The summed E-state index contributed by atoms with van der Waals surface area (Å²) in [5.41, 5.74) is 3.12. The number of aromatic nitrogens is 2. The SMILES string of the molecule is COc1ccc(CN2C(=O)CCC(n3c(=O)n(C)c4c(N5CCC(CCO[Si](c6ccccc6)(c6ccccc6)C(C)(C)C)CC5)cccc43)C2=O)cc1. The fourth-order valence-corrected chi connectivity index (χ4v) is 13.3. The van der Waals surface area contributed by atoms with Crippen LogP contribution >= 0.6 is 0 Å². The van der Waals surface area contributed by atoms with Crippen LogP contribution in [0.3, 0.4) is 0 Å². The zero-order chi connectivity index (χ0) is 38.0. The van der Waals surface area contributed by atoms with Crippen molar-refractivity contribution in [1.29, 1.82) is 0 Å². The average molecular weight is 745 g/mol. The molecule has 1 atom stereocenters. The summed E-state index contributed by atoms with van der Waals surface area (Å²) in [7, 11) is 0.797. The summed E-state index contributed by atoms with van der Waals surface area (Å²) >= 11 is 0. The molecule has 0 N–H and O–H groups in total. The van der Waals surface area contributed by atoms with Gasteiger partial charge < -0.3 is 14.1 Å². The molecule has 1 unspecified atom stereocenters. The number of imidazole rings is 1. The van der Waals surface area contributed by atoms with Crippen LogP contribution in [0.4, 0.5) is 5.69 Å². The van der Waals surface area contributed by atoms with E-state index in [9.17, 15) is 14.4 Å². The van der Waals surface area contributed by atoms with Gasteiger partial charge in [0.1, 0.15) is 11.8 Å². The van der Waals surface area contributed by atoms with Crippen molar-refractivity contribution in [3.05, 3.63) is 119 Å². The molecule has 7 rings (SSSR count). The van der Waals surface area contributed by atoms with Gasteiger partial charge in [0.05, 0.1) is 30.4 Å². The van der Waals surface area contributed by atoms with E-state index < -0.39 is 14.4 Å². The predicted molar refractivity (Wildman–Crippen MR) is 217 cm³/mol. The van der Waals surface area contributed by atoms with Crippen molar-refractivity contribution in [3.8, 4) is 5.75 Å². The number of likely N-dealkylation sites (tertiary alicyclic amines) is 1. The minimum Gasteiger partial charge on any atom is -0.497 e. The monoisotopic (exact) mass is 744 g/mol. The molecule has 2 amide bonds. The van der Waals surface area contributed by atoms with Gasteiger partial charge in [-0.05, 0) is 76.8 Å². The second-order valence-corrected chi connectivity index (χ2v) is 20.1. The molecule has 282 valence electrons. The maximum absolute atomic E-state index is 13.9. The topological polar surface area (TPSA) is 86.0 Å². The number of rotatable bonds is 11. The lowest BCUT2D eigenvalue weighted by molar-refractivity contribution is -0.151. The second kappa shape index (κ2) is 15.4. The third-order valence-corrected chi connectivity index (χ3v) is 16.6. The van der Waals surface area contributed by atoms with Gasteiger partial charge in [0.2, 0.25) is 5.91 Å². The smallest absolute Gasteiger partial charge is 0.329 e. The molecule has 2 aliphatic rings. The molecule has 3 heterocycles. The van der Waals surface area contributed by atoms with Gasteiger partial charge in [-0.15, -0.1) is 0 Å². The number of ether oxygens (including phenoxy) is 1. The largest absolute Gasteiger partial charge is 0.497 e. The summed E-state index contributed by atoms with van der Waals surface area (Å²) in [4.78, 5) is 44.6. The number of carbonyl (C=O) groups excluding carboxylic acids is 2. The van der Waals surface area contributed by atoms with E-state index in [4.69, 9.17) is 9.16 Å². The average Bonchev–Trinajstić information content (AvgIpc) is 3.44. The molecule has 0 radical (unpaired) electrons. The molecule has 0 aliphatic carbocycles. The molecule has 9 nitrogen and oxygen atoms in total. The molecule has 1 aromatic heterocycles. The zero-order valence-corrected chi connectivity index (χ0v) is 33.2. The molecule has 10 heteroatoms. The first-order valence-electron chi connectivity index (χ1n) is 19.2. The third kappa shape index (κ3) is 6.93. The Bertz CT molecular complexity index is 2110. The van der Waals surface area contributed by atoms with Crippen LogP contribution in [0.1, 0.15) is 64.5 Å². The lowest BCUT2D eigenvalue weighted by atomic mass is 9.93. The summed E-state index contributed by atoms with van der Waals surface area (Å²) in [6.07, 6.45) is 3.54. The number of hydrogen-bond donors (Lipinski definition) is 0. The maximum atomic E-state index is 13.9. The molecule has 4 aromatic carbocycles. The van der Waals surface area contributed by atoms with E-state index >= 15 is 0 Å². The summed E-state index contributed by atoms with van der Waals surface area (Å²) < 4.78 is 15.8. The standard InChI is InChI=1S/C44H52N4O5Si/c1-44(2,3)54(35-13-8-6-9-14-35,36-15-10-7-11-16-36)53-30-27-32-25-28-46(29-26-32)37-17-12-18-38-41(37)45(4)43(51)48(38)39-23-24-40(49)47(42(39)50)31-33-19-21-34(52-5)22-20-33/h6-22,32,39H,23-31H2,1-5H3. The molecular weight excluding hydrogens is 693 g/mol. The molecule has 0 spiro atoms. The fourth-order valence-electron chi connectivity index (χ4n) is 8.72. The van der Waals surface area contributed by atoms with Crippen molar-refractivity contribution >= 4 is 47.2 Å². The summed E-state index contributed by atoms with van der Waals surface area (Å²) in [6.45, 7) is 9.56. The Hall–Kier alpha value is -4.93. The number of imide groups is 1. The lowest BCUT2D eigenvalue weighted by Crippen LogP contribution is -2.66. The van der Waals surface area contributed by atoms with Crippen molar-refractivity contribution < 1.29 is 18.8 Å². The first-order valence-corrected chi connectivity index (χ1v) is 21.1. The van der Waals surface area contributed by atoms with Gasteiger partial charge in [-0.25, -0.2) is 4.79 Å². The molecule has 5 aromatic rings. The van der Waals surface area contributed by atoms with Crippen LogP contribution in [-0.2, 0) is 27.6 Å². The van der Waals surface area contributed by atoms with Gasteiger partial charge in [-0.1, -0.05) is 99.6 Å². The Morgan fingerprint density at radius 3 is 2.00 bits per heavy atom. The third-order valence-electron chi connectivity index (χ3n) is 11.6. The van der Waals surface area contributed by atoms with E-state index in [1.54, 1.807) is 23.3 Å². The number of amides is 2. The van der Waals surface area contributed by atoms with Gasteiger partial charge in [-0.2, -0.15) is 0 Å². The normalized spacial score (nSPS) is 17.4. The molecule has 2 saturated heterocycles. The minimum atomic E-state index is -2.59. The highest BCUT2D eigenvalue weighted by molar-refractivity contribution is 6.99. The number of benzene rings is 4. The zero-order valence-electron chi connectivity index (χ0n) is 32.2. The maximum Gasteiger partial charge on any atom is 0.329 e. The van der Waals surface area contributed by atoms with Crippen LogP contribution in [0.15, 0.2) is 108 Å². The first-order chi connectivity index (χ1) is 26.0. The van der Waals surface area contributed by atoms with E-state index in [0.29, 0.717) is 24.7 Å². The van der Waals surface area contributed by atoms with Crippen LogP contribution in [0.5, 0.6) is 5.75 Å². The van der Waals surface area contributed by atoms with Gasteiger partial charge in [-0.3, -0.25) is 23.6 Å². The highest BCUT2D eigenvalue weighted by Gasteiger charge is 2.50. The van der Waals surface area contributed by atoms with Gasteiger partial charge >= 0.3 is 5.69 Å². The lowest BCUT2D eigenvalue weighted by Gasteiger charge is -2.43. The number of anilines is 1. The van der Waals surface area contributed by atoms with Crippen LogP contribution in [-0.4, -0.2) is 61.0 Å². The number of fused-ring (bicyclic) bond motifs is 1. The highest BCUT2D eigenvalue weighted by Crippen LogP contribution is 2.38. The Morgan fingerprint density at radius 1 is 0.778 bits per heavy atom. The van der Waals surface area contributed by atoms with E-state index in [0.717, 1.165) is 54.6 Å². The van der Waals surface area contributed by atoms with Gasteiger partial charge in [0.15, 0.2) is 0 Å². The van der Waals surface area contributed by atoms with E-state index in [2.05, 4.69) is 92.4 Å². The predicted octanol–water partition coefficient (Wildman–Crippen LogP) is 6.42. The Labute approximate surface area is 319 Å². The van der Waals surface area contributed by atoms with E-state index in [1.165, 1.54) is 15.3 Å². The molecule has 0 bridgehead atoms. The van der Waals surface area contributed by atoms with Crippen LogP contribution in [0.2, 0.25) is 5.04 Å². The van der Waals surface area contributed by atoms with Crippen molar-refractivity contribution in [2.75, 3.05) is 31.7 Å². The number of aryl methyl sites for hydroxylation is 1. The van der Waals surface area contributed by atoms with Crippen molar-refractivity contribution in [1.82, 2.24) is 14.0 Å². The molecular formula is C44H52N4O5Si. The highest BCUT2D eigenvalue weighted by atomic mass is 28.4. The Balaban J connectivity index is 1.06. The second-order valence-electron chi connectivity index (χ2n) is 15.8. The van der Waals surface area contributed by atoms with Crippen LogP contribution < -0.4 is 25.7 Å². The van der Waals surface area contributed by atoms with Crippen LogP contribution in [0, 0.1) is 5.92 Å². The number of nitrogens with zero attached hydrogens (tertiary/aromatic N) is 4. The Morgan fingerprint density at radius 2 is 1.41 bits per heavy atom. The minimum absolute atomic E-state index is 0.0588. The van der Waals surface area contributed by atoms with Crippen LogP contribution in [0.25, 0.3) is 11.0 Å². The van der Waals surface area contributed by atoms with Crippen molar-refractivity contribution in [2.45, 2.75) is 70.5 Å². The molecule has 0 saturated carbocycles. The van der Waals surface area contributed by atoms with E-state index in [1.807, 2.05) is 36.4 Å². The number of methoxy groups -OCH3 is 1. The van der Waals surface area contributed by atoms with E-state index in [-0.39, 0.29) is 35.5 Å². The quantitative estimate of drug-likeness (QED) is 0.115. The Kier molecular flexibility index (Phi) is 10.7. The summed E-state index contributed by atoms with van der Waals surface area (Å²) in [6, 6.07) is 34.2. The molecule has 2 fully saturated rings. The van der Waals surface area contributed by atoms with Gasteiger partial charge in [0, 0.05) is 33.2 Å². The van der Waals surface area contributed by atoms with Crippen molar-refractivity contribution in [2.24, 2.45) is 13.0 Å². The number of para-hydroxylation sites is 1. The molecule has 54 heavy (non-hydrogen) atoms. The summed E-state index contributed by atoms with van der Waals surface area (Å²) in [5, 5.41) is 2.54. The summed E-state index contributed by atoms with van der Waals surface area (Å²) in [5.74, 6) is 0.667. The number of hydrogen-bond acceptors (Lipinski definition) is 6. The number of carbonyl (C=O) groups is 2. The van der Waals surface area contributed by atoms with Crippen molar-refractivity contribution in [3.63, 3.8) is 0 Å². The number of piperidine rings is 2.